The molecular formula is C20H29N3O3. The van der Waals surface area contributed by atoms with Gasteiger partial charge in [-0.15, -0.1) is 0 Å². The van der Waals surface area contributed by atoms with Crippen molar-refractivity contribution in [2.75, 3.05) is 36.4 Å². The molecule has 1 aromatic carbocycles. The number of amides is 1. The topological polar surface area (TPSA) is 72.9 Å². The molecule has 0 aliphatic carbocycles. The Balaban J connectivity index is 1.51. The van der Waals surface area contributed by atoms with Crippen LogP contribution in [0.2, 0.25) is 0 Å². The van der Waals surface area contributed by atoms with Crippen LogP contribution in [0.25, 0.3) is 0 Å². The molecule has 1 aromatic rings. The standard InChI is InChI=1S/C20H29N3O3/c1-15(22-13-9-16(10-14-22)20(25)26)19(24)21-17-5-7-18(8-6-17)23-11-3-2-4-12-23/h5-8,15-16H,2-4,9-14H2,1H3,(H,21,24)(H,25,26). The fourth-order valence-corrected chi connectivity index (χ4v) is 3.85. The van der Waals surface area contributed by atoms with Crippen molar-refractivity contribution in [3.63, 3.8) is 0 Å². The number of anilines is 2. The van der Waals surface area contributed by atoms with E-state index in [1.165, 1.54) is 24.9 Å². The highest BCUT2D eigenvalue weighted by Gasteiger charge is 2.29. The van der Waals surface area contributed by atoms with Crippen LogP contribution in [-0.4, -0.2) is 54.1 Å². The van der Waals surface area contributed by atoms with Crippen molar-refractivity contribution in [3.8, 4) is 0 Å². The van der Waals surface area contributed by atoms with Crippen LogP contribution in [0.5, 0.6) is 0 Å². The molecule has 2 N–H and O–H groups in total. The third-order valence-corrected chi connectivity index (χ3v) is 5.66. The van der Waals surface area contributed by atoms with E-state index in [2.05, 4.69) is 27.2 Å². The molecule has 1 unspecified atom stereocenters. The molecule has 2 saturated heterocycles. The van der Waals surface area contributed by atoms with Crippen LogP contribution >= 0.6 is 0 Å². The van der Waals surface area contributed by atoms with Gasteiger partial charge in [0.2, 0.25) is 5.91 Å². The van der Waals surface area contributed by atoms with Crippen molar-refractivity contribution in [1.29, 1.82) is 0 Å². The Hall–Kier alpha value is -2.08. The van der Waals surface area contributed by atoms with E-state index in [0.717, 1.165) is 18.8 Å². The molecule has 0 saturated carbocycles. The summed E-state index contributed by atoms with van der Waals surface area (Å²) in [5.74, 6) is -1.04. The molecule has 2 heterocycles. The van der Waals surface area contributed by atoms with E-state index in [1.807, 2.05) is 19.1 Å². The number of carboxylic acid groups (broad SMARTS) is 1. The summed E-state index contributed by atoms with van der Waals surface area (Å²) in [4.78, 5) is 28.0. The maximum atomic E-state index is 12.5. The highest BCUT2D eigenvalue weighted by Crippen LogP contribution is 2.23. The molecule has 0 aromatic heterocycles. The molecular weight excluding hydrogens is 330 g/mol. The van der Waals surface area contributed by atoms with Gasteiger partial charge in [0, 0.05) is 24.5 Å². The Morgan fingerprint density at radius 2 is 1.65 bits per heavy atom. The van der Waals surface area contributed by atoms with Gasteiger partial charge in [0.15, 0.2) is 0 Å². The number of nitrogens with one attached hydrogen (secondary N) is 1. The predicted octanol–water partition coefficient (Wildman–Crippen LogP) is 2.80. The number of carbonyl (C=O) groups excluding carboxylic acids is 1. The summed E-state index contributed by atoms with van der Waals surface area (Å²) in [5.41, 5.74) is 2.02. The Morgan fingerprint density at radius 1 is 1.04 bits per heavy atom. The Labute approximate surface area is 155 Å². The van der Waals surface area contributed by atoms with E-state index < -0.39 is 5.97 Å². The van der Waals surface area contributed by atoms with Crippen molar-refractivity contribution in [2.45, 2.75) is 45.1 Å². The summed E-state index contributed by atoms with van der Waals surface area (Å²) in [7, 11) is 0. The number of likely N-dealkylation sites (tertiary alicyclic amines) is 1. The molecule has 26 heavy (non-hydrogen) atoms. The van der Waals surface area contributed by atoms with Crippen molar-refractivity contribution >= 4 is 23.3 Å². The first-order valence-electron chi connectivity index (χ1n) is 9.67. The lowest BCUT2D eigenvalue weighted by Gasteiger charge is -2.33. The zero-order valence-corrected chi connectivity index (χ0v) is 15.5. The Bertz CT molecular complexity index is 618. The van der Waals surface area contributed by atoms with E-state index >= 15 is 0 Å². The fourth-order valence-electron chi connectivity index (χ4n) is 3.85. The summed E-state index contributed by atoms with van der Waals surface area (Å²) in [5, 5.41) is 12.1. The third kappa shape index (κ3) is 4.55. The predicted molar refractivity (Wildman–Crippen MR) is 103 cm³/mol. The molecule has 6 heteroatoms. The summed E-state index contributed by atoms with van der Waals surface area (Å²) >= 11 is 0. The number of nitrogens with zero attached hydrogens (tertiary/aromatic N) is 2. The minimum atomic E-state index is -0.726. The lowest BCUT2D eigenvalue weighted by Crippen LogP contribution is -2.46. The SMILES string of the molecule is CC(C(=O)Nc1ccc(N2CCCCC2)cc1)N1CCC(C(=O)O)CC1. The summed E-state index contributed by atoms with van der Waals surface area (Å²) in [6, 6.07) is 7.82. The van der Waals surface area contributed by atoms with Crippen LogP contribution in [0, 0.1) is 5.92 Å². The first-order valence-corrected chi connectivity index (χ1v) is 9.67. The Morgan fingerprint density at radius 3 is 2.23 bits per heavy atom. The largest absolute Gasteiger partial charge is 0.481 e. The fraction of sp³-hybridized carbons (Fsp3) is 0.600. The normalized spacial score (nSPS) is 20.6. The van der Waals surface area contributed by atoms with Gasteiger partial charge in [-0.3, -0.25) is 14.5 Å². The Kier molecular flexibility index (Phi) is 6.14. The molecule has 2 fully saturated rings. The van der Waals surface area contributed by atoms with Crippen molar-refractivity contribution in [2.24, 2.45) is 5.92 Å². The van der Waals surface area contributed by atoms with Gasteiger partial charge < -0.3 is 15.3 Å². The highest BCUT2D eigenvalue weighted by atomic mass is 16.4. The zero-order valence-electron chi connectivity index (χ0n) is 15.5. The van der Waals surface area contributed by atoms with Crippen LogP contribution in [0.1, 0.15) is 39.0 Å². The van der Waals surface area contributed by atoms with Gasteiger partial charge in [0.25, 0.3) is 0 Å². The molecule has 0 bridgehead atoms. The average Bonchev–Trinajstić information content (AvgIpc) is 2.68. The molecule has 2 aliphatic heterocycles. The van der Waals surface area contributed by atoms with Crippen molar-refractivity contribution in [1.82, 2.24) is 4.90 Å². The van der Waals surface area contributed by atoms with E-state index in [4.69, 9.17) is 5.11 Å². The molecule has 3 rings (SSSR count). The second-order valence-electron chi connectivity index (χ2n) is 7.41. The van der Waals surface area contributed by atoms with Gasteiger partial charge in [-0.25, -0.2) is 0 Å². The first kappa shape index (κ1) is 18.7. The van der Waals surface area contributed by atoms with Crippen LogP contribution < -0.4 is 10.2 Å². The molecule has 0 radical (unpaired) electrons. The quantitative estimate of drug-likeness (QED) is 0.846. The molecule has 0 spiro atoms. The zero-order chi connectivity index (χ0) is 18.5. The summed E-state index contributed by atoms with van der Waals surface area (Å²) in [6.45, 7) is 5.40. The van der Waals surface area contributed by atoms with Crippen molar-refractivity contribution in [3.05, 3.63) is 24.3 Å². The number of benzene rings is 1. The summed E-state index contributed by atoms with van der Waals surface area (Å²) < 4.78 is 0. The molecule has 2 aliphatic rings. The number of carbonyl (C=O) groups is 2. The van der Waals surface area contributed by atoms with Crippen LogP contribution in [0.3, 0.4) is 0 Å². The van der Waals surface area contributed by atoms with Gasteiger partial charge in [0.05, 0.1) is 12.0 Å². The van der Waals surface area contributed by atoms with Crippen LogP contribution in [-0.2, 0) is 9.59 Å². The highest BCUT2D eigenvalue weighted by molar-refractivity contribution is 5.94. The smallest absolute Gasteiger partial charge is 0.306 e. The number of hydrogen-bond acceptors (Lipinski definition) is 4. The van der Waals surface area contributed by atoms with Gasteiger partial charge in [-0.1, -0.05) is 0 Å². The molecule has 1 atom stereocenters. The second kappa shape index (κ2) is 8.54. The van der Waals surface area contributed by atoms with Gasteiger partial charge in [-0.2, -0.15) is 0 Å². The van der Waals surface area contributed by atoms with E-state index in [-0.39, 0.29) is 17.9 Å². The molecule has 6 nitrogen and oxygen atoms in total. The lowest BCUT2D eigenvalue weighted by atomic mass is 9.96. The number of hydrogen-bond donors (Lipinski definition) is 2. The summed E-state index contributed by atoms with van der Waals surface area (Å²) in [6.07, 6.45) is 5.02. The van der Waals surface area contributed by atoms with Gasteiger partial charge in [-0.05, 0) is 76.4 Å². The van der Waals surface area contributed by atoms with Crippen LogP contribution in [0.15, 0.2) is 24.3 Å². The second-order valence-corrected chi connectivity index (χ2v) is 7.41. The van der Waals surface area contributed by atoms with Gasteiger partial charge >= 0.3 is 5.97 Å². The van der Waals surface area contributed by atoms with Crippen molar-refractivity contribution < 1.29 is 14.7 Å². The first-order chi connectivity index (χ1) is 12.5. The van der Waals surface area contributed by atoms with Gasteiger partial charge in [0.1, 0.15) is 0 Å². The maximum absolute atomic E-state index is 12.5. The van der Waals surface area contributed by atoms with Crippen LogP contribution in [0.4, 0.5) is 11.4 Å². The number of aliphatic carboxylic acids is 1. The van der Waals surface area contributed by atoms with E-state index in [0.29, 0.717) is 25.9 Å². The number of piperidine rings is 2. The van der Waals surface area contributed by atoms with E-state index in [1.54, 1.807) is 0 Å². The number of carboxylic acids is 1. The monoisotopic (exact) mass is 359 g/mol. The van der Waals surface area contributed by atoms with E-state index in [9.17, 15) is 9.59 Å². The lowest BCUT2D eigenvalue weighted by molar-refractivity contribution is -0.143. The number of rotatable bonds is 5. The third-order valence-electron chi connectivity index (χ3n) is 5.66. The minimum Gasteiger partial charge on any atom is -0.481 e. The molecule has 142 valence electrons. The molecule has 1 amide bonds. The maximum Gasteiger partial charge on any atom is 0.306 e. The average molecular weight is 359 g/mol. The minimum absolute atomic E-state index is 0.0375.